The first kappa shape index (κ1) is 15.7. The fourth-order valence-electron chi connectivity index (χ4n) is 2.78. The largest absolute Gasteiger partial charge is 0.390 e. The van der Waals surface area contributed by atoms with Crippen LogP contribution in [0, 0.1) is 0 Å². The lowest BCUT2D eigenvalue weighted by atomic mass is 10.0. The molecule has 3 atom stereocenters. The Morgan fingerprint density at radius 1 is 1.25 bits per heavy atom. The van der Waals surface area contributed by atoms with Crippen molar-refractivity contribution in [1.82, 2.24) is 5.32 Å². The lowest BCUT2D eigenvalue weighted by Crippen LogP contribution is -2.34. The summed E-state index contributed by atoms with van der Waals surface area (Å²) in [5.41, 5.74) is 0.720. The van der Waals surface area contributed by atoms with Crippen molar-refractivity contribution in [2.75, 3.05) is 6.26 Å². The Labute approximate surface area is 122 Å². The first-order valence-corrected chi connectivity index (χ1v) is 8.17. The second kappa shape index (κ2) is 6.85. The predicted molar refractivity (Wildman–Crippen MR) is 77.9 cm³/mol. The van der Waals surface area contributed by atoms with E-state index in [1.54, 1.807) is 24.3 Å². The van der Waals surface area contributed by atoms with E-state index in [1.165, 1.54) is 0 Å². The van der Waals surface area contributed by atoms with E-state index >= 15 is 0 Å². The highest BCUT2D eigenvalue weighted by molar-refractivity contribution is 7.99. The smallest absolute Gasteiger partial charge is 0.307 e. The van der Waals surface area contributed by atoms with Gasteiger partial charge in [-0.15, -0.1) is 0 Å². The molecule has 1 aromatic carbocycles. The van der Waals surface area contributed by atoms with E-state index in [2.05, 4.69) is 11.6 Å². The summed E-state index contributed by atoms with van der Waals surface area (Å²) in [5, 5.41) is 3.80. The Balaban J connectivity index is 2.04. The van der Waals surface area contributed by atoms with E-state index in [0.29, 0.717) is 5.25 Å². The van der Waals surface area contributed by atoms with Gasteiger partial charge in [0, 0.05) is 17.3 Å². The lowest BCUT2D eigenvalue weighted by Gasteiger charge is -2.24. The Morgan fingerprint density at radius 3 is 2.50 bits per heavy atom. The van der Waals surface area contributed by atoms with Crippen molar-refractivity contribution in [2.45, 2.75) is 49.2 Å². The highest BCUT2D eigenvalue weighted by atomic mass is 32.2. The molecule has 1 aliphatic carbocycles. The van der Waals surface area contributed by atoms with Gasteiger partial charge in [0.15, 0.2) is 0 Å². The van der Waals surface area contributed by atoms with Crippen LogP contribution in [0.3, 0.4) is 0 Å². The third kappa shape index (κ3) is 4.70. The number of halogens is 3. The summed E-state index contributed by atoms with van der Waals surface area (Å²) in [7, 11) is 0. The summed E-state index contributed by atoms with van der Waals surface area (Å²) in [6, 6.07) is 8.50. The Hall–Kier alpha value is -0.680. The molecule has 1 fully saturated rings. The van der Waals surface area contributed by atoms with Crippen molar-refractivity contribution in [2.24, 2.45) is 0 Å². The van der Waals surface area contributed by atoms with Crippen LogP contribution in [0.5, 0.6) is 0 Å². The molecule has 0 radical (unpaired) electrons. The summed E-state index contributed by atoms with van der Waals surface area (Å²) < 4.78 is 38.3. The van der Waals surface area contributed by atoms with Crippen LogP contribution in [-0.2, 0) is 0 Å². The van der Waals surface area contributed by atoms with Gasteiger partial charge in [-0.1, -0.05) is 30.3 Å². The SMILES string of the molecule is CSC1CCC(NC(CC(F)(F)F)c2ccccc2)C1. The molecule has 1 N–H and O–H groups in total. The molecule has 0 aromatic heterocycles. The van der Waals surface area contributed by atoms with Gasteiger partial charge in [-0.3, -0.25) is 0 Å². The molecule has 5 heteroatoms. The molecule has 0 spiro atoms. The second-order valence-corrected chi connectivity index (χ2v) is 6.45. The molecule has 20 heavy (non-hydrogen) atoms. The highest BCUT2D eigenvalue weighted by Gasteiger charge is 2.34. The van der Waals surface area contributed by atoms with E-state index in [1.807, 2.05) is 17.8 Å². The van der Waals surface area contributed by atoms with Gasteiger partial charge >= 0.3 is 6.18 Å². The molecule has 2 rings (SSSR count). The molecule has 1 saturated carbocycles. The summed E-state index contributed by atoms with van der Waals surface area (Å²) in [4.78, 5) is 0. The lowest BCUT2D eigenvalue weighted by molar-refractivity contribution is -0.140. The van der Waals surface area contributed by atoms with Crippen LogP contribution < -0.4 is 5.32 Å². The first-order chi connectivity index (χ1) is 9.48. The minimum atomic E-state index is -4.15. The van der Waals surface area contributed by atoms with E-state index in [-0.39, 0.29) is 6.04 Å². The normalized spacial score (nSPS) is 24.8. The summed E-state index contributed by atoms with van der Waals surface area (Å²) in [6.45, 7) is 0. The standard InChI is InChI=1S/C15H20F3NS/c1-20-13-8-7-12(9-13)19-14(10-15(16,17)18)11-5-3-2-4-6-11/h2-6,12-14,19H,7-10H2,1H3. The van der Waals surface area contributed by atoms with E-state index in [0.717, 1.165) is 24.8 Å². The summed E-state index contributed by atoms with van der Waals surface area (Å²) in [6.07, 6.45) is 0.126. The van der Waals surface area contributed by atoms with Gasteiger partial charge in [-0.05, 0) is 31.1 Å². The van der Waals surface area contributed by atoms with Crippen molar-refractivity contribution in [3.05, 3.63) is 35.9 Å². The Bertz CT molecular complexity index is 407. The van der Waals surface area contributed by atoms with Crippen LogP contribution in [-0.4, -0.2) is 23.7 Å². The average Bonchev–Trinajstić information content (AvgIpc) is 2.85. The average molecular weight is 303 g/mol. The van der Waals surface area contributed by atoms with Gasteiger partial charge in [0.05, 0.1) is 6.42 Å². The maximum absolute atomic E-state index is 12.8. The van der Waals surface area contributed by atoms with Gasteiger partial charge in [0.2, 0.25) is 0 Å². The fraction of sp³-hybridized carbons (Fsp3) is 0.600. The molecular weight excluding hydrogens is 283 g/mol. The summed E-state index contributed by atoms with van der Waals surface area (Å²) in [5.74, 6) is 0. The van der Waals surface area contributed by atoms with Crippen molar-refractivity contribution in [1.29, 1.82) is 0 Å². The van der Waals surface area contributed by atoms with Gasteiger partial charge in [0.25, 0.3) is 0 Å². The maximum Gasteiger partial charge on any atom is 0.390 e. The predicted octanol–water partition coefficient (Wildman–Crippen LogP) is 4.55. The zero-order valence-corrected chi connectivity index (χ0v) is 12.3. The molecule has 1 aliphatic rings. The van der Waals surface area contributed by atoms with Crippen LogP contribution in [0.15, 0.2) is 30.3 Å². The third-order valence-electron chi connectivity index (χ3n) is 3.79. The number of benzene rings is 1. The molecule has 0 bridgehead atoms. The minimum Gasteiger partial charge on any atom is -0.307 e. The van der Waals surface area contributed by atoms with Crippen molar-refractivity contribution < 1.29 is 13.2 Å². The van der Waals surface area contributed by atoms with Gasteiger partial charge in [0.1, 0.15) is 0 Å². The fourth-order valence-corrected chi connectivity index (χ4v) is 3.58. The number of hydrogen-bond acceptors (Lipinski definition) is 2. The maximum atomic E-state index is 12.8. The van der Waals surface area contributed by atoms with Crippen molar-refractivity contribution in [3.8, 4) is 0 Å². The Morgan fingerprint density at radius 2 is 1.95 bits per heavy atom. The molecular formula is C15H20F3NS. The first-order valence-electron chi connectivity index (χ1n) is 6.88. The number of rotatable bonds is 5. The molecule has 0 amide bonds. The number of thioether (sulfide) groups is 1. The molecule has 1 aromatic rings. The van der Waals surface area contributed by atoms with Crippen LogP contribution in [0.2, 0.25) is 0 Å². The number of alkyl halides is 3. The minimum absolute atomic E-state index is 0.194. The highest BCUT2D eigenvalue weighted by Crippen LogP contribution is 2.33. The quantitative estimate of drug-likeness (QED) is 0.856. The topological polar surface area (TPSA) is 12.0 Å². The van der Waals surface area contributed by atoms with Crippen LogP contribution >= 0.6 is 11.8 Å². The van der Waals surface area contributed by atoms with Crippen molar-refractivity contribution in [3.63, 3.8) is 0 Å². The molecule has 3 unspecified atom stereocenters. The van der Waals surface area contributed by atoms with Crippen molar-refractivity contribution >= 4 is 11.8 Å². The molecule has 1 nitrogen and oxygen atoms in total. The van der Waals surface area contributed by atoms with E-state index in [9.17, 15) is 13.2 Å². The van der Waals surface area contributed by atoms with Crippen LogP contribution in [0.1, 0.15) is 37.3 Å². The molecule has 0 heterocycles. The number of nitrogens with one attached hydrogen (secondary N) is 1. The molecule has 0 saturated heterocycles. The second-order valence-electron chi connectivity index (χ2n) is 5.32. The zero-order valence-electron chi connectivity index (χ0n) is 11.5. The summed E-state index contributed by atoms with van der Waals surface area (Å²) >= 11 is 1.81. The van der Waals surface area contributed by atoms with Crippen LogP contribution in [0.25, 0.3) is 0 Å². The van der Waals surface area contributed by atoms with Gasteiger partial charge < -0.3 is 5.32 Å². The molecule has 112 valence electrons. The van der Waals surface area contributed by atoms with E-state index in [4.69, 9.17) is 0 Å². The van der Waals surface area contributed by atoms with Crippen LogP contribution in [0.4, 0.5) is 13.2 Å². The zero-order chi connectivity index (χ0) is 14.6. The molecule has 0 aliphatic heterocycles. The monoisotopic (exact) mass is 303 g/mol. The van der Waals surface area contributed by atoms with E-state index < -0.39 is 18.6 Å². The Kier molecular flexibility index (Phi) is 5.38. The third-order valence-corrected chi connectivity index (χ3v) is 4.89. The van der Waals surface area contributed by atoms with Gasteiger partial charge in [-0.2, -0.15) is 24.9 Å². The number of hydrogen-bond donors (Lipinski definition) is 1. The van der Waals surface area contributed by atoms with Gasteiger partial charge in [-0.25, -0.2) is 0 Å².